The lowest BCUT2D eigenvalue weighted by Gasteiger charge is -2.36. The SMILES string of the molecule is CCc1ccc(C2CNCCN2C(=O)CCc2nc(C)no2)cc1.Cl. The normalized spacial score (nSPS) is 17.2. The standard InChI is InChI=1S/C18H24N4O2.ClH/c1-3-14-4-6-15(7-5-14)16-12-19-10-11-22(16)18(23)9-8-17-20-13(2)21-24-17;/h4-7,16,19H,3,8-12H2,1-2H3;1H. The van der Waals surface area contributed by atoms with Gasteiger partial charge in [0.2, 0.25) is 11.8 Å². The van der Waals surface area contributed by atoms with Gasteiger partial charge in [-0.05, 0) is 24.5 Å². The third-order valence-corrected chi connectivity index (χ3v) is 4.46. The number of rotatable bonds is 5. The van der Waals surface area contributed by atoms with Crippen LogP contribution in [0, 0.1) is 6.92 Å². The van der Waals surface area contributed by atoms with Crippen LogP contribution in [0.3, 0.4) is 0 Å². The highest BCUT2D eigenvalue weighted by Gasteiger charge is 2.27. The van der Waals surface area contributed by atoms with E-state index in [4.69, 9.17) is 4.52 Å². The summed E-state index contributed by atoms with van der Waals surface area (Å²) in [4.78, 5) is 18.8. The van der Waals surface area contributed by atoms with Crippen molar-refractivity contribution in [2.45, 2.75) is 39.2 Å². The molecule has 6 nitrogen and oxygen atoms in total. The molecule has 25 heavy (non-hydrogen) atoms. The van der Waals surface area contributed by atoms with Crippen LogP contribution >= 0.6 is 12.4 Å². The summed E-state index contributed by atoms with van der Waals surface area (Å²) in [6.45, 7) is 6.26. The third kappa shape index (κ3) is 4.80. The Bertz CT molecular complexity index is 687. The smallest absolute Gasteiger partial charge is 0.227 e. The first kappa shape index (κ1) is 19.4. The molecular formula is C18H25ClN4O2. The Hall–Kier alpha value is -1.92. The quantitative estimate of drug-likeness (QED) is 0.882. The molecule has 1 saturated heterocycles. The number of nitrogens with one attached hydrogen (secondary N) is 1. The number of benzene rings is 1. The predicted octanol–water partition coefficient (Wildman–Crippen LogP) is 2.47. The summed E-state index contributed by atoms with van der Waals surface area (Å²) >= 11 is 0. The van der Waals surface area contributed by atoms with Crippen LogP contribution in [0.4, 0.5) is 0 Å². The van der Waals surface area contributed by atoms with Gasteiger partial charge in [0.05, 0.1) is 6.04 Å². The number of nitrogens with zero attached hydrogens (tertiary/aromatic N) is 3. The summed E-state index contributed by atoms with van der Waals surface area (Å²) in [5.41, 5.74) is 2.49. The minimum Gasteiger partial charge on any atom is -0.339 e. The zero-order valence-corrected chi connectivity index (χ0v) is 15.5. The van der Waals surface area contributed by atoms with E-state index in [0.717, 1.165) is 26.1 Å². The van der Waals surface area contributed by atoms with E-state index in [1.807, 2.05) is 4.90 Å². The Labute approximate surface area is 154 Å². The van der Waals surface area contributed by atoms with Crippen molar-refractivity contribution in [1.29, 1.82) is 0 Å². The largest absolute Gasteiger partial charge is 0.339 e. The number of hydrogen-bond acceptors (Lipinski definition) is 5. The highest BCUT2D eigenvalue weighted by Crippen LogP contribution is 2.24. The van der Waals surface area contributed by atoms with Gasteiger partial charge in [0.1, 0.15) is 0 Å². The number of halogens is 1. The molecule has 1 unspecified atom stereocenters. The molecule has 7 heteroatoms. The van der Waals surface area contributed by atoms with Crippen LogP contribution in [0.1, 0.15) is 42.2 Å². The zero-order valence-electron chi connectivity index (χ0n) is 14.7. The fourth-order valence-corrected chi connectivity index (χ4v) is 3.08. The summed E-state index contributed by atoms with van der Waals surface area (Å²) < 4.78 is 5.09. The first-order valence-electron chi connectivity index (χ1n) is 8.55. The fourth-order valence-electron chi connectivity index (χ4n) is 3.08. The number of aryl methyl sites for hydroxylation is 3. The van der Waals surface area contributed by atoms with Gasteiger partial charge in [-0.3, -0.25) is 4.79 Å². The Morgan fingerprint density at radius 2 is 2.12 bits per heavy atom. The van der Waals surface area contributed by atoms with E-state index < -0.39 is 0 Å². The molecule has 1 aromatic heterocycles. The molecule has 0 saturated carbocycles. The Balaban J connectivity index is 0.00000225. The summed E-state index contributed by atoms with van der Waals surface area (Å²) in [6, 6.07) is 8.65. The molecule has 1 N–H and O–H groups in total. The molecule has 1 aliphatic heterocycles. The molecule has 1 amide bonds. The van der Waals surface area contributed by atoms with Crippen LogP contribution in [0.25, 0.3) is 0 Å². The predicted molar refractivity (Wildman–Crippen MR) is 97.7 cm³/mol. The van der Waals surface area contributed by atoms with Gasteiger partial charge in [-0.15, -0.1) is 12.4 Å². The monoisotopic (exact) mass is 364 g/mol. The van der Waals surface area contributed by atoms with E-state index in [1.54, 1.807) is 6.92 Å². The molecule has 136 valence electrons. The number of amides is 1. The van der Waals surface area contributed by atoms with Gasteiger partial charge >= 0.3 is 0 Å². The third-order valence-electron chi connectivity index (χ3n) is 4.46. The molecule has 1 aliphatic rings. The lowest BCUT2D eigenvalue weighted by atomic mass is 10.0. The van der Waals surface area contributed by atoms with Crippen LogP contribution in [-0.4, -0.2) is 40.6 Å². The molecule has 2 heterocycles. The summed E-state index contributed by atoms with van der Waals surface area (Å²) in [6.07, 6.45) is 1.91. The Morgan fingerprint density at radius 1 is 1.36 bits per heavy atom. The van der Waals surface area contributed by atoms with E-state index in [9.17, 15) is 4.79 Å². The topological polar surface area (TPSA) is 71.3 Å². The van der Waals surface area contributed by atoms with Crippen molar-refractivity contribution in [1.82, 2.24) is 20.4 Å². The molecular weight excluding hydrogens is 340 g/mol. The van der Waals surface area contributed by atoms with E-state index >= 15 is 0 Å². The number of aromatic nitrogens is 2. The van der Waals surface area contributed by atoms with Crippen molar-refractivity contribution in [3.8, 4) is 0 Å². The maximum atomic E-state index is 12.7. The van der Waals surface area contributed by atoms with Gasteiger partial charge in [0, 0.05) is 32.5 Å². The van der Waals surface area contributed by atoms with E-state index in [2.05, 4.69) is 46.6 Å². The van der Waals surface area contributed by atoms with Crippen LogP contribution in [0.2, 0.25) is 0 Å². The average molecular weight is 365 g/mol. The number of carbonyl (C=O) groups excluding carboxylic acids is 1. The second kappa shape index (κ2) is 8.97. The molecule has 3 rings (SSSR count). The maximum Gasteiger partial charge on any atom is 0.227 e. The lowest BCUT2D eigenvalue weighted by molar-refractivity contribution is -0.134. The van der Waals surface area contributed by atoms with Crippen molar-refractivity contribution >= 4 is 18.3 Å². The minimum absolute atomic E-state index is 0. The molecule has 0 radical (unpaired) electrons. The number of hydrogen-bond donors (Lipinski definition) is 1. The molecule has 1 aromatic carbocycles. The minimum atomic E-state index is 0. The van der Waals surface area contributed by atoms with Crippen molar-refractivity contribution in [3.05, 3.63) is 47.1 Å². The molecule has 0 aliphatic carbocycles. The van der Waals surface area contributed by atoms with E-state index in [0.29, 0.717) is 24.6 Å². The van der Waals surface area contributed by atoms with Crippen molar-refractivity contribution in [3.63, 3.8) is 0 Å². The average Bonchev–Trinajstić information content (AvgIpc) is 3.05. The van der Waals surface area contributed by atoms with Crippen LogP contribution in [0.15, 0.2) is 28.8 Å². The van der Waals surface area contributed by atoms with Crippen molar-refractivity contribution in [2.75, 3.05) is 19.6 Å². The van der Waals surface area contributed by atoms with Gasteiger partial charge in [-0.2, -0.15) is 4.98 Å². The van der Waals surface area contributed by atoms with Gasteiger partial charge in [-0.25, -0.2) is 0 Å². The highest BCUT2D eigenvalue weighted by atomic mass is 35.5. The molecule has 1 atom stereocenters. The molecule has 0 spiro atoms. The van der Waals surface area contributed by atoms with Gasteiger partial charge < -0.3 is 14.7 Å². The highest BCUT2D eigenvalue weighted by molar-refractivity contribution is 5.85. The second-order valence-electron chi connectivity index (χ2n) is 6.14. The second-order valence-corrected chi connectivity index (χ2v) is 6.14. The molecule has 2 aromatic rings. The van der Waals surface area contributed by atoms with Crippen molar-refractivity contribution in [2.24, 2.45) is 0 Å². The molecule has 0 bridgehead atoms. The Kier molecular flexibility index (Phi) is 6.96. The summed E-state index contributed by atoms with van der Waals surface area (Å²) in [5.74, 6) is 1.27. The van der Waals surface area contributed by atoms with Crippen LogP contribution in [-0.2, 0) is 17.6 Å². The van der Waals surface area contributed by atoms with Crippen LogP contribution < -0.4 is 5.32 Å². The maximum absolute atomic E-state index is 12.7. The summed E-state index contributed by atoms with van der Waals surface area (Å²) in [7, 11) is 0. The zero-order chi connectivity index (χ0) is 16.9. The first-order valence-corrected chi connectivity index (χ1v) is 8.55. The van der Waals surface area contributed by atoms with Gasteiger partial charge in [-0.1, -0.05) is 36.3 Å². The lowest BCUT2D eigenvalue weighted by Crippen LogP contribution is -2.48. The van der Waals surface area contributed by atoms with Gasteiger partial charge in [0.25, 0.3) is 0 Å². The summed E-state index contributed by atoms with van der Waals surface area (Å²) in [5, 5.41) is 7.15. The van der Waals surface area contributed by atoms with Gasteiger partial charge in [0.15, 0.2) is 5.82 Å². The number of piperazine rings is 1. The Morgan fingerprint density at radius 3 is 2.76 bits per heavy atom. The van der Waals surface area contributed by atoms with Crippen molar-refractivity contribution < 1.29 is 9.32 Å². The van der Waals surface area contributed by atoms with E-state index in [-0.39, 0.29) is 24.4 Å². The fraction of sp³-hybridized carbons (Fsp3) is 0.500. The first-order chi connectivity index (χ1) is 11.7. The molecule has 1 fully saturated rings. The van der Waals surface area contributed by atoms with Crippen LogP contribution in [0.5, 0.6) is 0 Å². The number of carbonyl (C=O) groups is 1. The van der Waals surface area contributed by atoms with E-state index in [1.165, 1.54) is 11.1 Å².